The third kappa shape index (κ3) is 0.625. The van der Waals surface area contributed by atoms with Crippen LogP contribution in [0, 0.1) is 0 Å². The third-order valence-electron chi connectivity index (χ3n) is 1.35. The summed E-state index contributed by atoms with van der Waals surface area (Å²) >= 11 is 0. The van der Waals surface area contributed by atoms with Crippen molar-refractivity contribution < 1.29 is 4.42 Å². The van der Waals surface area contributed by atoms with Gasteiger partial charge in [-0.1, -0.05) is 0 Å². The zero-order valence-corrected chi connectivity index (χ0v) is 5.32. The van der Waals surface area contributed by atoms with Crippen molar-refractivity contribution in [1.29, 1.82) is 0 Å². The Morgan fingerprint density at radius 1 is 1.70 bits per heavy atom. The molecule has 2 N–H and O–H groups in total. The predicted octanol–water partition coefficient (Wildman–Crippen LogP) is 0.386. The number of nitrogens with two attached hydrogens (primary N) is 1. The normalized spacial score (nSPS) is 10.9. The summed E-state index contributed by atoms with van der Waals surface area (Å²) in [5.74, 6) is 0.598. The average Bonchev–Trinajstić information content (AvgIpc) is 2.42. The van der Waals surface area contributed by atoms with Crippen LogP contribution in [-0.4, -0.2) is 9.38 Å². The zero-order valence-electron chi connectivity index (χ0n) is 5.32. The van der Waals surface area contributed by atoms with E-state index in [0.717, 1.165) is 5.69 Å². The van der Waals surface area contributed by atoms with Gasteiger partial charge in [0, 0.05) is 18.9 Å². The minimum absolute atomic E-state index is 0.456. The Kier molecular flexibility index (Phi) is 1.01. The molecule has 10 heavy (non-hydrogen) atoms. The number of oxazole rings is 1. The van der Waals surface area contributed by atoms with E-state index >= 15 is 0 Å². The second kappa shape index (κ2) is 1.85. The van der Waals surface area contributed by atoms with Crippen molar-refractivity contribution in [2.75, 3.05) is 0 Å². The first-order valence-corrected chi connectivity index (χ1v) is 3.01. The molecule has 0 atom stereocenters. The molecule has 2 heterocycles. The second-order valence-corrected chi connectivity index (χ2v) is 2.03. The summed E-state index contributed by atoms with van der Waals surface area (Å²) in [4.78, 5) is 4.06. The van der Waals surface area contributed by atoms with Gasteiger partial charge in [-0.2, -0.15) is 4.98 Å². The van der Waals surface area contributed by atoms with Gasteiger partial charge in [-0.3, -0.25) is 4.40 Å². The number of aromatic nitrogens is 2. The van der Waals surface area contributed by atoms with Crippen molar-refractivity contribution in [1.82, 2.24) is 9.38 Å². The first-order valence-electron chi connectivity index (χ1n) is 3.01. The maximum Gasteiger partial charge on any atom is 0.305 e. The molecule has 2 rings (SSSR count). The Hall–Kier alpha value is -1.29. The summed E-state index contributed by atoms with van der Waals surface area (Å²) < 4.78 is 6.79. The van der Waals surface area contributed by atoms with E-state index in [1.165, 1.54) is 0 Å². The predicted molar refractivity (Wildman–Crippen MR) is 35.3 cm³/mol. The number of nitrogens with zero attached hydrogens (tertiary/aromatic N) is 2. The molecule has 0 saturated carbocycles. The molecule has 4 nitrogen and oxygen atoms in total. The van der Waals surface area contributed by atoms with Gasteiger partial charge in [0.25, 0.3) is 0 Å². The van der Waals surface area contributed by atoms with Crippen LogP contribution in [0.3, 0.4) is 0 Å². The lowest BCUT2D eigenvalue weighted by atomic mass is 10.5. The Bertz CT molecular complexity index is 307. The van der Waals surface area contributed by atoms with Crippen LogP contribution >= 0.6 is 0 Å². The lowest BCUT2D eigenvalue weighted by Gasteiger charge is -1.79. The van der Waals surface area contributed by atoms with Gasteiger partial charge in [0.1, 0.15) is 6.26 Å². The molecule has 2 aromatic heterocycles. The molecular weight excluding hydrogens is 130 g/mol. The largest absolute Gasteiger partial charge is 0.432 e. The van der Waals surface area contributed by atoms with Crippen molar-refractivity contribution in [2.45, 2.75) is 6.54 Å². The van der Waals surface area contributed by atoms with E-state index in [9.17, 15) is 0 Å². The molecule has 4 heteroatoms. The van der Waals surface area contributed by atoms with E-state index in [0.29, 0.717) is 12.4 Å². The Morgan fingerprint density at radius 2 is 2.60 bits per heavy atom. The van der Waals surface area contributed by atoms with Crippen LogP contribution in [0.1, 0.15) is 5.69 Å². The van der Waals surface area contributed by atoms with Crippen LogP contribution in [-0.2, 0) is 6.54 Å². The van der Waals surface area contributed by atoms with Crippen LogP contribution < -0.4 is 5.73 Å². The summed E-state index contributed by atoms with van der Waals surface area (Å²) in [6.45, 7) is 0.456. The summed E-state index contributed by atoms with van der Waals surface area (Å²) in [6, 6.07) is 0. The third-order valence-corrected chi connectivity index (χ3v) is 1.35. The van der Waals surface area contributed by atoms with Gasteiger partial charge in [0.15, 0.2) is 0 Å². The molecule has 52 valence electrons. The van der Waals surface area contributed by atoms with E-state index in [1.807, 2.05) is 6.20 Å². The number of imidazole rings is 1. The first kappa shape index (κ1) is 5.49. The van der Waals surface area contributed by atoms with Crippen LogP contribution in [0.25, 0.3) is 5.84 Å². The van der Waals surface area contributed by atoms with Gasteiger partial charge in [-0.25, -0.2) is 0 Å². The molecule has 0 fully saturated rings. The fraction of sp³-hybridized carbons (Fsp3) is 0.167. The van der Waals surface area contributed by atoms with Crippen molar-refractivity contribution in [3.8, 4) is 0 Å². The number of rotatable bonds is 1. The van der Waals surface area contributed by atoms with Crippen molar-refractivity contribution >= 4 is 5.84 Å². The molecule has 0 bridgehead atoms. The van der Waals surface area contributed by atoms with Gasteiger partial charge < -0.3 is 10.2 Å². The fourth-order valence-corrected chi connectivity index (χ4v) is 0.874. The zero-order chi connectivity index (χ0) is 6.97. The molecule has 0 aromatic carbocycles. The smallest absolute Gasteiger partial charge is 0.305 e. The topological polar surface area (TPSA) is 56.5 Å². The number of fused-ring (bicyclic) bond motifs is 1. The van der Waals surface area contributed by atoms with Gasteiger partial charge in [0.2, 0.25) is 0 Å². The molecule has 2 aromatic rings. The first-order chi connectivity index (χ1) is 4.90. The maximum absolute atomic E-state index is 5.36. The highest BCUT2D eigenvalue weighted by Crippen LogP contribution is 2.03. The van der Waals surface area contributed by atoms with Gasteiger partial charge >= 0.3 is 5.84 Å². The lowest BCUT2D eigenvalue weighted by Crippen LogP contribution is -1.95. The van der Waals surface area contributed by atoms with E-state index in [1.54, 1.807) is 16.9 Å². The van der Waals surface area contributed by atoms with Gasteiger partial charge in [-0.05, 0) is 0 Å². The van der Waals surface area contributed by atoms with Crippen molar-refractivity contribution in [3.63, 3.8) is 0 Å². The monoisotopic (exact) mass is 137 g/mol. The van der Waals surface area contributed by atoms with E-state index < -0.39 is 0 Å². The van der Waals surface area contributed by atoms with Crippen LogP contribution in [0.5, 0.6) is 0 Å². The van der Waals surface area contributed by atoms with Crippen LogP contribution in [0.2, 0.25) is 0 Å². The molecule has 0 saturated heterocycles. The number of hydrogen-bond acceptors (Lipinski definition) is 3. The minimum atomic E-state index is 0.456. The fourth-order valence-electron chi connectivity index (χ4n) is 0.874. The Labute approximate surface area is 57.3 Å². The second-order valence-electron chi connectivity index (χ2n) is 2.03. The van der Waals surface area contributed by atoms with E-state index in [4.69, 9.17) is 10.2 Å². The molecule has 0 unspecified atom stereocenters. The molecule has 0 aliphatic carbocycles. The van der Waals surface area contributed by atoms with Crippen molar-refractivity contribution in [3.05, 3.63) is 24.4 Å². The molecule has 0 aliphatic heterocycles. The summed E-state index contributed by atoms with van der Waals surface area (Å²) in [5.41, 5.74) is 6.20. The maximum atomic E-state index is 5.36. The van der Waals surface area contributed by atoms with E-state index in [-0.39, 0.29) is 0 Å². The molecule has 0 aliphatic rings. The quantitative estimate of drug-likeness (QED) is 0.618. The highest BCUT2D eigenvalue weighted by atomic mass is 16.3. The van der Waals surface area contributed by atoms with Crippen LogP contribution in [0.15, 0.2) is 23.1 Å². The Balaban J connectivity index is 2.67. The van der Waals surface area contributed by atoms with Gasteiger partial charge in [-0.15, -0.1) is 0 Å². The van der Waals surface area contributed by atoms with Crippen LogP contribution in [0.4, 0.5) is 0 Å². The number of hydrogen-bond donors (Lipinski definition) is 1. The Morgan fingerprint density at radius 3 is 3.30 bits per heavy atom. The van der Waals surface area contributed by atoms with Crippen molar-refractivity contribution in [2.24, 2.45) is 5.73 Å². The molecule has 0 radical (unpaired) electrons. The highest BCUT2D eigenvalue weighted by molar-refractivity contribution is 5.25. The summed E-state index contributed by atoms with van der Waals surface area (Å²) in [5, 5.41) is 0. The average molecular weight is 137 g/mol. The summed E-state index contributed by atoms with van der Waals surface area (Å²) in [6.07, 6.45) is 5.23. The standard InChI is InChI=1S/C6H7N3O/c7-3-5-4-9-1-2-10-6(9)8-5/h1-2,4H,3,7H2. The molecule has 0 spiro atoms. The van der Waals surface area contributed by atoms with E-state index in [2.05, 4.69) is 4.98 Å². The summed E-state index contributed by atoms with van der Waals surface area (Å²) in [7, 11) is 0. The minimum Gasteiger partial charge on any atom is -0.432 e. The SMILES string of the molecule is NCc1cn2ccoc2n1. The lowest BCUT2D eigenvalue weighted by molar-refractivity contribution is 0.594. The highest BCUT2D eigenvalue weighted by Gasteiger charge is 1.99. The molecule has 0 amide bonds. The molecular formula is C6H7N3O. The van der Waals surface area contributed by atoms with Gasteiger partial charge in [0.05, 0.1) is 5.69 Å².